The molecule has 0 atom stereocenters. The van der Waals surface area contributed by atoms with E-state index in [1.165, 1.54) is 11.6 Å². The normalized spacial score (nSPS) is 10.8. The summed E-state index contributed by atoms with van der Waals surface area (Å²) in [6.07, 6.45) is 2.43. The van der Waals surface area contributed by atoms with Crippen molar-refractivity contribution >= 4 is 17.2 Å². The summed E-state index contributed by atoms with van der Waals surface area (Å²) in [5.41, 5.74) is -1.02. The first-order valence-corrected chi connectivity index (χ1v) is 8.11. The van der Waals surface area contributed by atoms with E-state index in [9.17, 15) is 14.9 Å². The van der Waals surface area contributed by atoms with Crippen LogP contribution < -0.4 is 16.1 Å². The zero-order valence-corrected chi connectivity index (χ0v) is 14.4. The van der Waals surface area contributed by atoms with Crippen LogP contribution in [0.1, 0.15) is 24.4 Å². The van der Waals surface area contributed by atoms with Gasteiger partial charge in [-0.15, -0.1) is 11.3 Å². The van der Waals surface area contributed by atoms with Crippen molar-refractivity contribution in [3.8, 4) is 6.07 Å². The molecule has 0 spiro atoms. The van der Waals surface area contributed by atoms with Crippen molar-refractivity contribution in [1.29, 1.82) is 5.26 Å². The van der Waals surface area contributed by atoms with Crippen LogP contribution in [0, 0.1) is 11.3 Å². The second-order valence-corrected chi connectivity index (χ2v) is 6.46. The predicted octanol–water partition coefficient (Wildman–Crippen LogP) is 0.870. The number of thiazole rings is 1. The zero-order chi connectivity index (χ0) is 17.1. The van der Waals surface area contributed by atoms with Crippen LogP contribution in [0.5, 0.6) is 0 Å². The van der Waals surface area contributed by atoms with E-state index in [0.29, 0.717) is 18.8 Å². The first-order chi connectivity index (χ1) is 10.9. The lowest BCUT2D eigenvalue weighted by Crippen LogP contribution is -2.45. The predicted molar refractivity (Wildman–Crippen MR) is 89.9 cm³/mol. The Bertz CT molecular complexity index is 842. The molecule has 2 aromatic rings. The Morgan fingerprint density at radius 1 is 1.35 bits per heavy atom. The van der Waals surface area contributed by atoms with Gasteiger partial charge in [0.2, 0.25) is 0 Å². The first-order valence-electron chi connectivity index (χ1n) is 7.23. The molecule has 0 saturated carbocycles. The number of anilines is 1. The second-order valence-electron chi connectivity index (χ2n) is 5.48. The number of nitrogens with zero attached hydrogens (tertiary/aromatic N) is 5. The Morgan fingerprint density at radius 2 is 2.04 bits per heavy atom. The summed E-state index contributed by atoms with van der Waals surface area (Å²) >= 11 is 1.56. The molecule has 0 bridgehead atoms. The van der Waals surface area contributed by atoms with Gasteiger partial charge in [0.15, 0.2) is 5.56 Å². The summed E-state index contributed by atoms with van der Waals surface area (Å²) < 4.78 is 2.32. The molecule has 7 nitrogen and oxygen atoms in total. The smallest absolute Gasteiger partial charge is 0.332 e. The molecule has 0 aliphatic rings. The lowest BCUT2D eigenvalue weighted by atomic mass is 10.2. The quantitative estimate of drug-likeness (QED) is 0.811. The van der Waals surface area contributed by atoms with Gasteiger partial charge in [0, 0.05) is 44.7 Å². The van der Waals surface area contributed by atoms with Crippen molar-refractivity contribution in [1.82, 2.24) is 14.1 Å². The van der Waals surface area contributed by atoms with E-state index in [1.807, 2.05) is 30.2 Å². The van der Waals surface area contributed by atoms with Crippen molar-refractivity contribution in [3.05, 3.63) is 43.0 Å². The van der Waals surface area contributed by atoms with Gasteiger partial charge in [-0.3, -0.25) is 13.9 Å². The van der Waals surface area contributed by atoms with E-state index in [0.717, 1.165) is 9.57 Å². The second kappa shape index (κ2) is 6.79. The minimum atomic E-state index is -0.564. The molecule has 0 fully saturated rings. The van der Waals surface area contributed by atoms with Gasteiger partial charge in [-0.1, -0.05) is 0 Å². The average Bonchev–Trinajstić information content (AvgIpc) is 3.03. The number of nitriles is 1. The van der Waals surface area contributed by atoms with Gasteiger partial charge in [-0.05, 0) is 13.8 Å². The van der Waals surface area contributed by atoms with Gasteiger partial charge in [-0.25, -0.2) is 9.78 Å². The molecule has 8 heteroatoms. The molecule has 122 valence electrons. The van der Waals surface area contributed by atoms with Crippen LogP contribution in [0.4, 0.5) is 5.82 Å². The lowest BCUT2D eigenvalue weighted by molar-refractivity contribution is 0.612. The molecule has 0 amide bonds. The average molecular weight is 333 g/mol. The van der Waals surface area contributed by atoms with Crippen LogP contribution in [0.2, 0.25) is 0 Å². The third-order valence-corrected chi connectivity index (χ3v) is 4.53. The summed E-state index contributed by atoms with van der Waals surface area (Å²) in [6.45, 7) is 4.50. The fourth-order valence-electron chi connectivity index (χ4n) is 2.47. The minimum absolute atomic E-state index is 0.0116. The van der Waals surface area contributed by atoms with Crippen molar-refractivity contribution in [2.75, 3.05) is 11.4 Å². The van der Waals surface area contributed by atoms with Crippen molar-refractivity contribution in [3.63, 3.8) is 0 Å². The number of hydrogen-bond acceptors (Lipinski definition) is 6. The van der Waals surface area contributed by atoms with Crippen LogP contribution in [0.3, 0.4) is 0 Å². The summed E-state index contributed by atoms with van der Waals surface area (Å²) in [5.74, 6) is 0.368. The standard InChI is InChI=1S/C15H19N5O2S/c1-10(2)20(7-5-12-17-6-8-23-12)13-11(9-16)14(21)19(4)15(22)18(13)3/h6,8,10H,5,7H2,1-4H3. The van der Waals surface area contributed by atoms with Crippen molar-refractivity contribution in [2.45, 2.75) is 26.3 Å². The highest BCUT2D eigenvalue weighted by Gasteiger charge is 2.22. The van der Waals surface area contributed by atoms with Crippen LogP contribution in [0.25, 0.3) is 0 Å². The largest absolute Gasteiger partial charge is 0.354 e. The van der Waals surface area contributed by atoms with E-state index in [2.05, 4.69) is 4.98 Å². The fourth-order valence-corrected chi connectivity index (χ4v) is 3.08. The molecule has 0 saturated heterocycles. The Hall–Kier alpha value is -2.40. The zero-order valence-electron chi connectivity index (χ0n) is 13.6. The summed E-state index contributed by atoms with van der Waals surface area (Å²) in [4.78, 5) is 30.6. The monoisotopic (exact) mass is 333 g/mol. The Balaban J connectivity index is 2.53. The van der Waals surface area contributed by atoms with Crippen molar-refractivity contribution in [2.24, 2.45) is 14.1 Å². The van der Waals surface area contributed by atoms with Crippen LogP contribution in [-0.4, -0.2) is 26.7 Å². The van der Waals surface area contributed by atoms with Gasteiger partial charge in [0.05, 0.1) is 5.01 Å². The molecule has 0 unspecified atom stereocenters. The maximum absolute atomic E-state index is 12.2. The molecule has 2 rings (SSSR count). The SMILES string of the molecule is CC(C)N(CCc1nccs1)c1c(C#N)c(=O)n(C)c(=O)n1C. The number of aromatic nitrogens is 3. The van der Waals surface area contributed by atoms with E-state index >= 15 is 0 Å². The topological polar surface area (TPSA) is 83.9 Å². The highest BCUT2D eigenvalue weighted by atomic mass is 32.1. The third kappa shape index (κ3) is 3.19. The number of hydrogen-bond donors (Lipinski definition) is 0. The first kappa shape index (κ1) is 17.0. The van der Waals surface area contributed by atoms with Crippen LogP contribution in [0.15, 0.2) is 21.2 Å². The summed E-state index contributed by atoms with van der Waals surface area (Å²) in [5, 5.41) is 12.3. The molecule has 2 heterocycles. The Morgan fingerprint density at radius 3 is 2.57 bits per heavy atom. The van der Waals surface area contributed by atoms with Gasteiger partial charge in [-0.2, -0.15) is 5.26 Å². The van der Waals surface area contributed by atoms with Crippen molar-refractivity contribution < 1.29 is 0 Å². The minimum Gasteiger partial charge on any atom is -0.354 e. The van der Waals surface area contributed by atoms with Gasteiger partial charge in [0.25, 0.3) is 5.56 Å². The molecule has 0 aliphatic carbocycles. The molecule has 0 aliphatic heterocycles. The summed E-state index contributed by atoms with van der Waals surface area (Å²) in [7, 11) is 2.96. The molecule has 0 N–H and O–H groups in total. The van der Waals surface area contributed by atoms with Gasteiger partial charge >= 0.3 is 5.69 Å². The fraction of sp³-hybridized carbons (Fsp3) is 0.467. The molecule has 23 heavy (non-hydrogen) atoms. The molecule has 0 aromatic carbocycles. The summed E-state index contributed by atoms with van der Waals surface area (Å²) in [6, 6.07) is 1.98. The van der Waals surface area contributed by atoms with Crippen LogP contribution >= 0.6 is 11.3 Å². The van der Waals surface area contributed by atoms with E-state index in [4.69, 9.17) is 0 Å². The highest BCUT2D eigenvalue weighted by Crippen LogP contribution is 2.19. The maximum Gasteiger partial charge on any atom is 0.332 e. The van der Waals surface area contributed by atoms with Crippen LogP contribution in [-0.2, 0) is 20.5 Å². The number of rotatable bonds is 5. The third-order valence-electron chi connectivity index (χ3n) is 3.69. The molecular formula is C15H19N5O2S. The van der Waals surface area contributed by atoms with E-state index < -0.39 is 11.2 Å². The van der Waals surface area contributed by atoms with E-state index in [1.54, 1.807) is 24.6 Å². The lowest BCUT2D eigenvalue weighted by Gasteiger charge is -2.30. The van der Waals surface area contributed by atoms with Gasteiger partial charge < -0.3 is 4.90 Å². The molecule has 0 radical (unpaired) electrons. The highest BCUT2D eigenvalue weighted by molar-refractivity contribution is 7.09. The Kier molecular flexibility index (Phi) is 5.01. The van der Waals surface area contributed by atoms with E-state index in [-0.39, 0.29) is 11.6 Å². The molecular weight excluding hydrogens is 314 g/mol. The molecule has 2 aromatic heterocycles. The Labute approximate surface area is 138 Å². The maximum atomic E-state index is 12.2. The van der Waals surface area contributed by atoms with Gasteiger partial charge in [0.1, 0.15) is 11.9 Å².